The molecule has 0 fully saturated rings. The van der Waals surface area contributed by atoms with Gasteiger partial charge in [0.15, 0.2) is 11.6 Å². The molecule has 1 aliphatic rings. The topological polar surface area (TPSA) is 68.1 Å². The number of carbonyl (C=O) groups is 2. The Morgan fingerprint density at radius 1 is 0.750 bits per heavy atom. The predicted molar refractivity (Wildman–Crippen MR) is 122 cm³/mol. The van der Waals surface area contributed by atoms with Gasteiger partial charge < -0.3 is 0 Å². The summed E-state index contributed by atoms with van der Waals surface area (Å²) in [6, 6.07) is 18.8. The van der Waals surface area contributed by atoms with Gasteiger partial charge in [-0.25, -0.2) is 9.67 Å². The zero-order chi connectivity index (χ0) is 22.4. The minimum absolute atomic E-state index is 0.0782. The van der Waals surface area contributed by atoms with E-state index in [1.165, 1.54) is 0 Å². The van der Waals surface area contributed by atoms with Crippen LogP contribution in [0.3, 0.4) is 0 Å². The van der Waals surface area contributed by atoms with Gasteiger partial charge in [0, 0.05) is 15.6 Å². The molecule has 3 aromatic carbocycles. The average molecular weight is 484 g/mol. The Morgan fingerprint density at radius 2 is 1.38 bits per heavy atom. The maximum absolute atomic E-state index is 12.8. The summed E-state index contributed by atoms with van der Waals surface area (Å²) in [7, 11) is 0. The van der Waals surface area contributed by atoms with Gasteiger partial charge in [-0.15, -0.1) is 5.10 Å². The normalized spacial score (nSPS) is 13.0. The Balaban J connectivity index is 1.58. The van der Waals surface area contributed by atoms with E-state index in [-0.39, 0.29) is 24.2 Å². The number of benzene rings is 3. The van der Waals surface area contributed by atoms with E-state index in [9.17, 15) is 9.59 Å². The van der Waals surface area contributed by atoms with Crippen LogP contribution in [0.5, 0.6) is 0 Å². The van der Waals surface area contributed by atoms with Gasteiger partial charge in [-0.2, -0.15) is 0 Å². The van der Waals surface area contributed by atoms with Crippen molar-refractivity contribution in [3.8, 4) is 17.1 Å². The molecule has 5 rings (SSSR count). The van der Waals surface area contributed by atoms with E-state index >= 15 is 0 Å². The summed E-state index contributed by atoms with van der Waals surface area (Å²) in [5, 5.41) is 6.03. The highest BCUT2D eigenvalue weighted by Crippen LogP contribution is 2.32. The summed E-state index contributed by atoms with van der Waals surface area (Å²) in [4.78, 5) is 31.3. The van der Waals surface area contributed by atoms with Crippen LogP contribution >= 0.6 is 34.8 Å². The Hall–Kier alpha value is -3.19. The van der Waals surface area contributed by atoms with Crippen LogP contribution in [-0.2, 0) is 6.54 Å². The van der Waals surface area contributed by atoms with Crippen molar-refractivity contribution < 1.29 is 9.59 Å². The molecule has 2 amide bonds. The van der Waals surface area contributed by atoms with E-state index in [4.69, 9.17) is 34.8 Å². The second kappa shape index (κ2) is 8.06. The molecule has 0 spiro atoms. The van der Waals surface area contributed by atoms with E-state index in [1.54, 1.807) is 71.4 Å². The van der Waals surface area contributed by atoms with Crippen LogP contribution in [0.1, 0.15) is 26.5 Å². The van der Waals surface area contributed by atoms with Crippen molar-refractivity contribution in [1.82, 2.24) is 19.7 Å². The Labute approximate surface area is 198 Å². The summed E-state index contributed by atoms with van der Waals surface area (Å²) in [5.74, 6) is -0.0184. The van der Waals surface area contributed by atoms with E-state index in [0.29, 0.717) is 43.3 Å². The first kappa shape index (κ1) is 20.7. The lowest BCUT2D eigenvalue weighted by atomic mass is 10.1. The van der Waals surface area contributed by atoms with Crippen molar-refractivity contribution >= 4 is 46.6 Å². The predicted octanol–water partition coefficient (Wildman–Crippen LogP) is 5.69. The molecule has 9 heteroatoms. The highest BCUT2D eigenvalue weighted by atomic mass is 35.5. The molecule has 0 N–H and O–H groups in total. The molecule has 32 heavy (non-hydrogen) atoms. The molecule has 4 aromatic rings. The number of fused-ring (bicyclic) bond motifs is 1. The van der Waals surface area contributed by atoms with Crippen LogP contribution in [-0.4, -0.2) is 31.5 Å². The maximum atomic E-state index is 12.8. The van der Waals surface area contributed by atoms with Gasteiger partial charge in [-0.1, -0.05) is 46.9 Å². The van der Waals surface area contributed by atoms with Crippen molar-refractivity contribution in [2.75, 3.05) is 0 Å². The first-order chi connectivity index (χ1) is 15.4. The number of carbonyl (C=O) groups excluding carboxylic acids is 2. The summed E-state index contributed by atoms with van der Waals surface area (Å²) in [5.41, 5.74) is 2.04. The molecule has 0 saturated heterocycles. The average Bonchev–Trinajstić information content (AvgIpc) is 3.30. The lowest BCUT2D eigenvalue weighted by Gasteiger charge is -2.10. The monoisotopic (exact) mass is 482 g/mol. The largest absolute Gasteiger partial charge is 0.269 e. The van der Waals surface area contributed by atoms with Crippen LogP contribution in [0, 0.1) is 0 Å². The van der Waals surface area contributed by atoms with Crippen LogP contribution in [0.15, 0.2) is 66.7 Å². The molecule has 6 nitrogen and oxygen atoms in total. The Kier molecular flexibility index (Phi) is 5.21. The molecule has 158 valence electrons. The molecule has 2 heterocycles. The molecule has 0 saturated carbocycles. The van der Waals surface area contributed by atoms with Gasteiger partial charge in [-0.05, 0) is 54.6 Å². The molecule has 0 bridgehead atoms. The van der Waals surface area contributed by atoms with Crippen molar-refractivity contribution in [2.24, 2.45) is 0 Å². The number of hydrogen-bond acceptors (Lipinski definition) is 4. The SMILES string of the molecule is O=C1c2ccccc2C(=O)N1Cc1nc(-c2ccc(Cl)cc2Cl)n(-c2ccc(Cl)cc2)n1. The molecule has 0 atom stereocenters. The standard InChI is InChI=1S/C23H13Cl3N4O2/c24-13-5-8-15(9-6-13)30-21(18-10-7-14(25)11-19(18)26)27-20(28-30)12-29-22(31)16-3-1-2-4-17(16)23(29)32/h1-11H,12H2. The van der Waals surface area contributed by atoms with Gasteiger partial charge in [0.05, 0.1) is 28.4 Å². The molecule has 0 unspecified atom stereocenters. The fourth-order valence-corrected chi connectivity index (χ4v) is 4.17. The molecular formula is C23H13Cl3N4O2. The van der Waals surface area contributed by atoms with Crippen LogP contribution in [0.25, 0.3) is 17.1 Å². The lowest BCUT2D eigenvalue weighted by molar-refractivity contribution is 0.0638. The third-order valence-corrected chi connectivity index (χ3v) is 5.87. The number of aromatic nitrogens is 3. The van der Waals surface area contributed by atoms with Crippen molar-refractivity contribution in [2.45, 2.75) is 6.54 Å². The molecular weight excluding hydrogens is 471 g/mol. The fourth-order valence-electron chi connectivity index (χ4n) is 3.55. The quantitative estimate of drug-likeness (QED) is 0.350. The number of imide groups is 1. The number of rotatable bonds is 4. The minimum atomic E-state index is -0.375. The first-order valence-electron chi connectivity index (χ1n) is 9.55. The highest BCUT2D eigenvalue weighted by Gasteiger charge is 2.36. The van der Waals surface area contributed by atoms with E-state index in [1.807, 2.05) is 0 Å². The highest BCUT2D eigenvalue weighted by molar-refractivity contribution is 6.36. The summed E-state index contributed by atoms with van der Waals surface area (Å²) in [6.45, 7) is -0.0782. The number of halogens is 3. The molecule has 1 aromatic heterocycles. The Bertz CT molecular complexity index is 1350. The van der Waals surface area contributed by atoms with Crippen molar-refractivity contribution in [3.05, 3.63) is 98.7 Å². The smallest absolute Gasteiger partial charge is 0.261 e. The van der Waals surface area contributed by atoms with Gasteiger partial charge >= 0.3 is 0 Å². The molecule has 0 aliphatic carbocycles. The van der Waals surface area contributed by atoms with Crippen LogP contribution in [0.2, 0.25) is 15.1 Å². The summed E-state index contributed by atoms with van der Waals surface area (Å²) < 4.78 is 1.60. The van der Waals surface area contributed by atoms with Gasteiger partial charge in [0.25, 0.3) is 11.8 Å². The van der Waals surface area contributed by atoms with Gasteiger partial charge in [0.2, 0.25) is 0 Å². The number of hydrogen-bond donors (Lipinski definition) is 0. The fraction of sp³-hybridized carbons (Fsp3) is 0.0435. The molecule has 0 radical (unpaired) electrons. The number of nitrogens with zero attached hydrogens (tertiary/aromatic N) is 4. The van der Waals surface area contributed by atoms with Crippen LogP contribution in [0.4, 0.5) is 0 Å². The number of amides is 2. The first-order valence-corrected chi connectivity index (χ1v) is 10.7. The van der Waals surface area contributed by atoms with Crippen molar-refractivity contribution in [1.29, 1.82) is 0 Å². The van der Waals surface area contributed by atoms with Crippen molar-refractivity contribution in [3.63, 3.8) is 0 Å². The Morgan fingerprint density at radius 3 is 2.00 bits per heavy atom. The second-order valence-corrected chi connectivity index (χ2v) is 8.39. The third-order valence-electron chi connectivity index (χ3n) is 5.07. The van der Waals surface area contributed by atoms with E-state index in [2.05, 4.69) is 10.1 Å². The van der Waals surface area contributed by atoms with Gasteiger partial charge in [-0.3, -0.25) is 14.5 Å². The maximum Gasteiger partial charge on any atom is 0.261 e. The minimum Gasteiger partial charge on any atom is -0.269 e. The second-order valence-electron chi connectivity index (χ2n) is 7.11. The summed E-state index contributed by atoms with van der Waals surface area (Å²) in [6.07, 6.45) is 0. The molecule has 1 aliphatic heterocycles. The van der Waals surface area contributed by atoms with Gasteiger partial charge in [0.1, 0.15) is 0 Å². The summed E-state index contributed by atoms with van der Waals surface area (Å²) >= 11 is 18.5. The third kappa shape index (κ3) is 3.56. The lowest BCUT2D eigenvalue weighted by Crippen LogP contribution is -2.29. The van der Waals surface area contributed by atoms with E-state index < -0.39 is 0 Å². The zero-order valence-corrected chi connectivity index (χ0v) is 18.6. The zero-order valence-electron chi connectivity index (χ0n) is 16.3. The van der Waals surface area contributed by atoms with Crippen LogP contribution < -0.4 is 0 Å². The van der Waals surface area contributed by atoms with E-state index in [0.717, 1.165) is 4.90 Å².